The highest BCUT2D eigenvalue weighted by atomic mass is 16.1. The summed E-state index contributed by atoms with van der Waals surface area (Å²) in [7, 11) is 0. The van der Waals surface area contributed by atoms with Gasteiger partial charge in [-0.05, 0) is 13.0 Å². The van der Waals surface area contributed by atoms with Gasteiger partial charge in [-0.25, -0.2) is 0 Å². The fourth-order valence-electron chi connectivity index (χ4n) is 1.08. The molecular weight excluding hydrogens is 162 g/mol. The Bertz CT molecular complexity index is 352. The van der Waals surface area contributed by atoms with E-state index >= 15 is 0 Å². The van der Waals surface area contributed by atoms with Crippen LogP contribution in [0.3, 0.4) is 0 Å². The summed E-state index contributed by atoms with van der Waals surface area (Å²) >= 11 is 0. The molecule has 0 unspecified atom stereocenters. The average Bonchev–Trinajstić information content (AvgIpc) is 2.62. The van der Waals surface area contributed by atoms with Gasteiger partial charge >= 0.3 is 0 Å². The molecular formula is C11H13NO. The SMILES string of the molecule is CC#CCn1ccc(C(=O)CC)c1. The van der Waals surface area contributed by atoms with Gasteiger partial charge in [-0.1, -0.05) is 12.8 Å². The minimum Gasteiger partial charge on any atom is -0.342 e. The van der Waals surface area contributed by atoms with Crippen LogP contribution in [0, 0.1) is 11.8 Å². The molecule has 0 saturated carbocycles. The molecule has 0 spiro atoms. The second-order valence-corrected chi connectivity index (χ2v) is 2.78. The minimum absolute atomic E-state index is 0.184. The van der Waals surface area contributed by atoms with E-state index in [4.69, 9.17) is 0 Å². The Morgan fingerprint density at radius 3 is 3.00 bits per heavy atom. The van der Waals surface area contributed by atoms with Crippen molar-refractivity contribution in [2.45, 2.75) is 26.8 Å². The van der Waals surface area contributed by atoms with Crippen molar-refractivity contribution in [3.8, 4) is 11.8 Å². The fourth-order valence-corrected chi connectivity index (χ4v) is 1.08. The number of carbonyl (C=O) groups excluding carboxylic acids is 1. The largest absolute Gasteiger partial charge is 0.342 e. The van der Waals surface area contributed by atoms with Gasteiger partial charge in [-0.2, -0.15) is 0 Å². The van der Waals surface area contributed by atoms with Crippen LogP contribution in [0.4, 0.5) is 0 Å². The molecule has 1 aromatic rings. The summed E-state index contributed by atoms with van der Waals surface area (Å²) < 4.78 is 1.92. The maximum atomic E-state index is 11.3. The number of carbonyl (C=O) groups is 1. The highest BCUT2D eigenvalue weighted by Crippen LogP contribution is 2.04. The quantitative estimate of drug-likeness (QED) is 0.509. The molecule has 0 N–H and O–H groups in total. The van der Waals surface area contributed by atoms with E-state index < -0.39 is 0 Å². The van der Waals surface area contributed by atoms with E-state index in [0.717, 1.165) is 5.56 Å². The predicted octanol–water partition coefficient (Wildman–Crippen LogP) is 2.10. The first-order valence-electron chi connectivity index (χ1n) is 4.36. The molecule has 0 aliphatic heterocycles. The van der Waals surface area contributed by atoms with E-state index in [0.29, 0.717) is 13.0 Å². The zero-order valence-corrected chi connectivity index (χ0v) is 8.00. The molecule has 2 nitrogen and oxygen atoms in total. The zero-order chi connectivity index (χ0) is 9.68. The molecule has 2 heteroatoms. The monoisotopic (exact) mass is 175 g/mol. The molecule has 0 aliphatic rings. The number of aromatic nitrogens is 1. The first kappa shape index (κ1) is 9.60. The lowest BCUT2D eigenvalue weighted by Crippen LogP contribution is -1.95. The molecule has 13 heavy (non-hydrogen) atoms. The predicted molar refractivity (Wildman–Crippen MR) is 52.5 cm³/mol. The van der Waals surface area contributed by atoms with Gasteiger partial charge in [0, 0.05) is 24.4 Å². The van der Waals surface area contributed by atoms with E-state index in [9.17, 15) is 4.79 Å². The lowest BCUT2D eigenvalue weighted by molar-refractivity contribution is 0.0988. The Hall–Kier alpha value is -1.49. The van der Waals surface area contributed by atoms with Crippen LogP contribution in [0.25, 0.3) is 0 Å². The van der Waals surface area contributed by atoms with Crippen molar-refractivity contribution < 1.29 is 4.79 Å². The van der Waals surface area contributed by atoms with Crippen LogP contribution in [0.2, 0.25) is 0 Å². The van der Waals surface area contributed by atoms with Crippen LogP contribution in [-0.4, -0.2) is 10.4 Å². The second-order valence-electron chi connectivity index (χ2n) is 2.78. The lowest BCUT2D eigenvalue weighted by Gasteiger charge is -1.93. The topological polar surface area (TPSA) is 22.0 Å². The minimum atomic E-state index is 0.184. The summed E-state index contributed by atoms with van der Waals surface area (Å²) in [4.78, 5) is 11.3. The van der Waals surface area contributed by atoms with E-state index in [-0.39, 0.29) is 5.78 Å². The van der Waals surface area contributed by atoms with Crippen molar-refractivity contribution in [2.24, 2.45) is 0 Å². The van der Waals surface area contributed by atoms with Gasteiger partial charge in [0.05, 0.1) is 6.54 Å². The molecule has 0 amide bonds. The molecule has 1 aromatic heterocycles. The van der Waals surface area contributed by atoms with Crippen molar-refractivity contribution in [1.29, 1.82) is 0 Å². The van der Waals surface area contributed by atoms with Crippen molar-refractivity contribution >= 4 is 5.78 Å². The Kier molecular flexibility index (Phi) is 3.33. The summed E-state index contributed by atoms with van der Waals surface area (Å²) in [6.07, 6.45) is 4.28. The first-order valence-corrected chi connectivity index (χ1v) is 4.36. The first-order chi connectivity index (χ1) is 6.27. The van der Waals surface area contributed by atoms with Crippen molar-refractivity contribution in [2.75, 3.05) is 0 Å². The number of nitrogens with zero attached hydrogens (tertiary/aromatic N) is 1. The zero-order valence-electron chi connectivity index (χ0n) is 8.00. The van der Waals surface area contributed by atoms with Gasteiger partial charge in [0.25, 0.3) is 0 Å². The number of hydrogen-bond acceptors (Lipinski definition) is 1. The van der Waals surface area contributed by atoms with Crippen LogP contribution in [0.5, 0.6) is 0 Å². The van der Waals surface area contributed by atoms with Crippen molar-refractivity contribution in [3.63, 3.8) is 0 Å². The van der Waals surface area contributed by atoms with Crippen LogP contribution >= 0.6 is 0 Å². The van der Waals surface area contributed by atoms with Crippen LogP contribution in [-0.2, 0) is 6.54 Å². The molecule has 0 saturated heterocycles. The summed E-state index contributed by atoms with van der Waals surface area (Å²) in [5.74, 6) is 5.93. The maximum Gasteiger partial charge on any atom is 0.164 e. The lowest BCUT2D eigenvalue weighted by atomic mass is 10.2. The molecule has 0 aromatic carbocycles. The highest BCUT2D eigenvalue weighted by Gasteiger charge is 2.03. The molecule has 0 fully saturated rings. The Labute approximate surface area is 78.6 Å². The number of hydrogen-bond donors (Lipinski definition) is 0. The van der Waals surface area contributed by atoms with E-state index in [2.05, 4.69) is 11.8 Å². The van der Waals surface area contributed by atoms with Gasteiger partial charge in [-0.15, -0.1) is 5.92 Å². The number of rotatable bonds is 3. The highest BCUT2D eigenvalue weighted by molar-refractivity contribution is 5.95. The van der Waals surface area contributed by atoms with Crippen LogP contribution < -0.4 is 0 Å². The third-order valence-corrected chi connectivity index (χ3v) is 1.83. The Morgan fingerprint density at radius 2 is 2.38 bits per heavy atom. The molecule has 0 radical (unpaired) electrons. The van der Waals surface area contributed by atoms with Crippen molar-refractivity contribution in [3.05, 3.63) is 24.0 Å². The molecule has 0 aliphatic carbocycles. The normalized spacial score (nSPS) is 9.08. The van der Waals surface area contributed by atoms with Gasteiger partial charge in [0.2, 0.25) is 0 Å². The average molecular weight is 175 g/mol. The van der Waals surface area contributed by atoms with Gasteiger partial charge in [-0.3, -0.25) is 4.79 Å². The van der Waals surface area contributed by atoms with Gasteiger partial charge in [0.1, 0.15) is 0 Å². The Balaban J connectivity index is 2.72. The summed E-state index contributed by atoms with van der Waals surface area (Å²) in [6, 6.07) is 1.84. The van der Waals surface area contributed by atoms with E-state index in [1.54, 1.807) is 0 Å². The third kappa shape index (κ3) is 2.48. The van der Waals surface area contributed by atoms with Crippen LogP contribution in [0.1, 0.15) is 30.6 Å². The molecule has 0 atom stereocenters. The summed E-state index contributed by atoms with van der Waals surface area (Å²) in [6.45, 7) is 4.33. The number of ketones is 1. The fraction of sp³-hybridized carbons (Fsp3) is 0.364. The van der Waals surface area contributed by atoms with Crippen molar-refractivity contribution in [1.82, 2.24) is 4.57 Å². The smallest absolute Gasteiger partial charge is 0.164 e. The van der Waals surface area contributed by atoms with Gasteiger partial charge < -0.3 is 4.57 Å². The van der Waals surface area contributed by atoms with Gasteiger partial charge in [0.15, 0.2) is 5.78 Å². The Morgan fingerprint density at radius 1 is 1.62 bits per heavy atom. The van der Waals surface area contributed by atoms with E-state index in [1.807, 2.05) is 36.9 Å². The molecule has 68 valence electrons. The van der Waals surface area contributed by atoms with E-state index in [1.165, 1.54) is 0 Å². The van der Waals surface area contributed by atoms with Crippen LogP contribution in [0.15, 0.2) is 18.5 Å². The molecule has 0 bridgehead atoms. The maximum absolute atomic E-state index is 11.3. The standard InChI is InChI=1S/C11H13NO/c1-3-5-7-12-8-6-10(9-12)11(13)4-2/h6,8-9H,4,7H2,1-2H3. The summed E-state index contributed by atoms with van der Waals surface area (Å²) in [5, 5.41) is 0. The number of Topliss-reactive ketones (excluding diaryl/α,β-unsaturated/α-hetero) is 1. The molecule has 1 rings (SSSR count). The summed E-state index contributed by atoms with van der Waals surface area (Å²) in [5.41, 5.74) is 0.778. The molecule has 1 heterocycles. The third-order valence-electron chi connectivity index (χ3n) is 1.83. The second kappa shape index (κ2) is 4.51.